The number of hydrogen-bond acceptors (Lipinski definition) is 2. The predicted molar refractivity (Wildman–Crippen MR) is 159 cm³/mol. The van der Waals surface area contributed by atoms with Gasteiger partial charge in [-0.05, 0) is 0 Å². The molecule has 2 aromatic rings. The van der Waals surface area contributed by atoms with Crippen LogP contribution in [0.2, 0.25) is 0 Å². The molecular formula is C31H47BiS2. The molecule has 0 spiro atoms. The molecule has 0 aliphatic carbocycles. The molecule has 0 bridgehead atoms. The summed E-state index contributed by atoms with van der Waals surface area (Å²) in [5.74, 6) is 3.29. The molecule has 3 heteroatoms. The van der Waals surface area contributed by atoms with Gasteiger partial charge in [0.25, 0.3) is 0 Å². The van der Waals surface area contributed by atoms with E-state index in [1.54, 1.807) is 32.0 Å². The summed E-state index contributed by atoms with van der Waals surface area (Å²) in [4.78, 5) is 3.09. The summed E-state index contributed by atoms with van der Waals surface area (Å²) in [5.41, 5.74) is 9.14. The second-order valence-corrected chi connectivity index (χ2v) is 18.9. The molecule has 0 fully saturated rings. The third-order valence-electron chi connectivity index (χ3n) is 6.60. The fraction of sp³-hybridized carbons (Fsp3) is 0.613. The van der Waals surface area contributed by atoms with Crippen LogP contribution in [0.25, 0.3) is 0 Å². The summed E-state index contributed by atoms with van der Waals surface area (Å²) >= 11 is 5.67. The van der Waals surface area contributed by atoms with Crippen molar-refractivity contribution in [2.75, 3.05) is 0 Å². The minimum atomic E-state index is 0.539. The Bertz CT molecular complexity index is 818. The summed E-state index contributed by atoms with van der Waals surface area (Å²) in [7, 11) is 0. The Morgan fingerprint density at radius 2 is 0.676 bits per heavy atom. The Balaban J connectivity index is 2.55. The van der Waals surface area contributed by atoms with E-state index in [0.717, 1.165) is 0 Å². The Morgan fingerprint density at radius 1 is 0.441 bits per heavy atom. The number of rotatable bonds is 10. The molecule has 2 aromatic carbocycles. The Kier molecular flexibility index (Phi) is 11.6. The molecule has 0 saturated carbocycles. The van der Waals surface area contributed by atoms with Gasteiger partial charge in [-0.3, -0.25) is 0 Å². The van der Waals surface area contributed by atoms with Crippen molar-refractivity contribution < 1.29 is 0 Å². The fourth-order valence-corrected chi connectivity index (χ4v) is 9.63. The van der Waals surface area contributed by atoms with Gasteiger partial charge in [-0.15, -0.1) is 0 Å². The monoisotopic (exact) mass is 692 g/mol. The minimum absolute atomic E-state index is 0.539. The van der Waals surface area contributed by atoms with Gasteiger partial charge in [0, 0.05) is 0 Å². The third-order valence-corrected chi connectivity index (χ3v) is 11.4. The summed E-state index contributed by atoms with van der Waals surface area (Å²) in [6.45, 7) is 28.2. The van der Waals surface area contributed by atoms with Gasteiger partial charge < -0.3 is 0 Å². The van der Waals surface area contributed by atoms with Gasteiger partial charge >= 0.3 is 237 Å². The van der Waals surface area contributed by atoms with Crippen LogP contribution in [-0.4, -0.2) is 27.0 Å². The van der Waals surface area contributed by atoms with E-state index in [1.165, 1.54) is 35.8 Å². The first-order valence-electron chi connectivity index (χ1n) is 13.1. The van der Waals surface area contributed by atoms with E-state index in [1.807, 2.05) is 0 Å². The molecule has 0 atom stereocenters. The summed E-state index contributed by atoms with van der Waals surface area (Å²) < 4.78 is 0.555. The van der Waals surface area contributed by atoms with E-state index >= 15 is 0 Å². The molecule has 0 aromatic heterocycles. The molecule has 0 saturated heterocycles. The Hall–Kier alpha value is 0.0231. The molecule has 0 aliphatic heterocycles. The third kappa shape index (κ3) is 7.52. The van der Waals surface area contributed by atoms with E-state index < -0.39 is 0 Å². The first kappa shape index (κ1) is 30.2. The van der Waals surface area contributed by atoms with Crippen LogP contribution in [0.3, 0.4) is 0 Å². The van der Waals surface area contributed by atoms with Crippen LogP contribution in [0.5, 0.6) is 0 Å². The van der Waals surface area contributed by atoms with Crippen LogP contribution in [0.1, 0.15) is 152 Å². The summed E-state index contributed by atoms with van der Waals surface area (Å²) in [6.07, 6.45) is 0. The normalized spacial score (nSPS) is 12.6. The van der Waals surface area contributed by atoms with E-state index in [-0.39, 0.29) is 0 Å². The topological polar surface area (TPSA) is 0 Å². The van der Waals surface area contributed by atoms with Gasteiger partial charge in [-0.25, -0.2) is 0 Å². The molecule has 34 heavy (non-hydrogen) atoms. The van der Waals surface area contributed by atoms with Gasteiger partial charge in [0.1, 0.15) is 0 Å². The van der Waals surface area contributed by atoms with Gasteiger partial charge in [-0.1, -0.05) is 0 Å². The summed E-state index contributed by atoms with van der Waals surface area (Å²) in [6, 6.07) is 9.98. The predicted octanol–water partition coefficient (Wildman–Crippen LogP) is 10.8. The quantitative estimate of drug-likeness (QED) is 0.138. The second-order valence-electron chi connectivity index (χ2n) is 11.5. The van der Waals surface area contributed by atoms with Crippen molar-refractivity contribution in [3.05, 3.63) is 57.6 Å². The first-order valence-corrected chi connectivity index (χ1v) is 16.9. The van der Waals surface area contributed by atoms with E-state index in [0.29, 0.717) is 37.8 Å². The van der Waals surface area contributed by atoms with Crippen molar-refractivity contribution in [2.45, 2.75) is 131 Å². The molecule has 188 valence electrons. The van der Waals surface area contributed by atoms with Crippen LogP contribution in [-0.2, 0) is 0 Å². The van der Waals surface area contributed by atoms with Gasteiger partial charge in [0.2, 0.25) is 0 Å². The first-order chi connectivity index (χ1) is 15.7. The molecule has 2 radical (unpaired) electrons. The van der Waals surface area contributed by atoms with Crippen molar-refractivity contribution in [2.24, 2.45) is 0 Å². The van der Waals surface area contributed by atoms with Crippen LogP contribution in [0, 0.1) is 0 Å². The van der Waals surface area contributed by atoms with E-state index in [9.17, 15) is 0 Å². The van der Waals surface area contributed by atoms with Crippen molar-refractivity contribution in [1.29, 1.82) is 0 Å². The number of hydrogen-bond donors (Lipinski definition) is 0. The fourth-order valence-electron chi connectivity index (χ4n) is 4.28. The number of thioether (sulfide) groups is 2. The van der Waals surface area contributed by atoms with Crippen LogP contribution < -0.4 is 0 Å². The molecule has 0 heterocycles. The molecular weight excluding hydrogens is 645 g/mol. The second kappa shape index (κ2) is 13.0. The molecule has 2 rings (SSSR count). The molecule has 0 amide bonds. The van der Waals surface area contributed by atoms with Crippen molar-refractivity contribution in [3.8, 4) is 0 Å². The van der Waals surface area contributed by atoms with E-state index in [4.69, 9.17) is 0 Å². The van der Waals surface area contributed by atoms with Crippen LogP contribution >= 0.6 is 23.5 Å². The average molecular weight is 693 g/mol. The van der Waals surface area contributed by atoms with Crippen molar-refractivity contribution in [1.82, 2.24) is 0 Å². The van der Waals surface area contributed by atoms with Crippen molar-refractivity contribution in [3.63, 3.8) is 0 Å². The SMILES string of the molecule is CC(C)c1cc(C(C)C)c(S[CH]([Bi])Sc2c(C(C)C)cc(C(C)C)cc2C(C)C)c(C(C)C)c1. The van der Waals surface area contributed by atoms with Gasteiger partial charge in [0.05, 0.1) is 0 Å². The Morgan fingerprint density at radius 3 is 0.853 bits per heavy atom. The average Bonchev–Trinajstić information content (AvgIpc) is 2.72. The molecule has 0 unspecified atom stereocenters. The maximum atomic E-state index is 2.50. The van der Waals surface area contributed by atoms with Crippen molar-refractivity contribution >= 4 is 48.2 Å². The van der Waals surface area contributed by atoms with Crippen LogP contribution in [0.4, 0.5) is 0 Å². The molecule has 0 N–H and O–H groups in total. The number of benzene rings is 2. The molecule has 0 aliphatic rings. The Labute approximate surface area is 235 Å². The zero-order valence-corrected chi connectivity index (χ0v) is 28.7. The van der Waals surface area contributed by atoms with Crippen LogP contribution in [0.15, 0.2) is 34.1 Å². The summed E-state index contributed by atoms with van der Waals surface area (Å²) in [5, 5.41) is 0. The zero-order valence-electron chi connectivity index (χ0n) is 23.6. The molecule has 0 nitrogen and oxygen atoms in total. The van der Waals surface area contributed by atoms with Gasteiger partial charge in [-0.2, -0.15) is 0 Å². The standard InChI is InChI=1S/C31H47S2.Bi/c1-18(2)24-13-26(20(5)6)30(27(14-24)21(7)8)32-17-33-31-28(22(9)10)15-25(19(3)4)16-29(31)23(11)12;/h13-23H,1-12H3;. The zero-order chi connectivity index (χ0) is 25.9. The van der Waals surface area contributed by atoms with Gasteiger partial charge in [0.15, 0.2) is 0 Å². The van der Waals surface area contributed by atoms with E-state index in [2.05, 4.69) is 131 Å². The maximum absolute atomic E-state index is 2.50.